The summed E-state index contributed by atoms with van der Waals surface area (Å²) < 4.78 is 31.3. The lowest BCUT2D eigenvalue weighted by Crippen LogP contribution is -2.29. The normalized spacial score (nSPS) is 10.9. The van der Waals surface area contributed by atoms with E-state index in [1.807, 2.05) is 22.9 Å². The number of rotatable bonds is 5. The highest BCUT2D eigenvalue weighted by molar-refractivity contribution is 7.90. The van der Waals surface area contributed by atoms with Crippen molar-refractivity contribution in [2.45, 2.75) is 18.2 Å². The van der Waals surface area contributed by atoms with Crippen LogP contribution in [0.15, 0.2) is 59.5 Å². The molecule has 0 unspecified atom stereocenters. The van der Waals surface area contributed by atoms with Crippen molar-refractivity contribution in [1.29, 1.82) is 0 Å². The predicted molar refractivity (Wildman–Crippen MR) is 78.6 cm³/mol. The number of carbonyl (C=O) groups is 1. The average molecular weight is 305 g/mol. The number of hydrogen-bond donors (Lipinski definition) is 1. The molecule has 0 aromatic heterocycles. The monoisotopic (exact) mass is 305 g/mol. The van der Waals surface area contributed by atoms with Crippen LogP contribution in [0.25, 0.3) is 0 Å². The Morgan fingerprint density at radius 1 is 1.00 bits per heavy atom. The fraction of sp³-hybridized carbons (Fsp3) is 0.133. The van der Waals surface area contributed by atoms with Crippen LogP contribution in [-0.2, 0) is 14.8 Å². The van der Waals surface area contributed by atoms with Crippen LogP contribution < -0.4 is 9.46 Å². The van der Waals surface area contributed by atoms with Gasteiger partial charge in [-0.25, -0.2) is 13.1 Å². The highest BCUT2D eigenvalue weighted by Crippen LogP contribution is 2.22. The zero-order valence-corrected chi connectivity index (χ0v) is 12.3. The third-order valence-corrected chi connectivity index (χ3v) is 4.07. The maximum absolute atomic E-state index is 11.9. The summed E-state index contributed by atoms with van der Waals surface area (Å²) in [5, 5.41) is 0. The third-order valence-electron chi connectivity index (χ3n) is 2.68. The third kappa shape index (κ3) is 4.06. The smallest absolute Gasteiger partial charge is 0.264 e. The van der Waals surface area contributed by atoms with Gasteiger partial charge in [-0.3, -0.25) is 4.79 Å². The van der Waals surface area contributed by atoms with Gasteiger partial charge in [0.15, 0.2) is 0 Å². The molecule has 21 heavy (non-hydrogen) atoms. The van der Waals surface area contributed by atoms with Crippen molar-refractivity contribution in [3.05, 3.63) is 54.6 Å². The Bertz CT molecular complexity index is 709. The molecule has 2 aromatic rings. The molecule has 0 spiro atoms. The van der Waals surface area contributed by atoms with Crippen LogP contribution >= 0.6 is 0 Å². The van der Waals surface area contributed by atoms with E-state index < -0.39 is 15.9 Å². The van der Waals surface area contributed by atoms with E-state index in [4.69, 9.17) is 4.74 Å². The Hall–Kier alpha value is -2.34. The van der Waals surface area contributed by atoms with Crippen LogP contribution in [-0.4, -0.2) is 14.3 Å². The zero-order valence-electron chi connectivity index (χ0n) is 11.4. The van der Waals surface area contributed by atoms with Crippen LogP contribution in [0, 0.1) is 0 Å². The van der Waals surface area contributed by atoms with Gasteiger partial charge in [0.25, 0.3) is 10.0 Å². The Morgan fingerprint density at radius 2 is 1.57 bits per heavy atom. The lowest BCUT2D eigenvalue weighted by molar-refractivity contribution is -0.119. The quantitative estimate of drug-likeness (QED) is 0.922. The van der Waals surface area contributed by atoms with Gasteiger partial charge in [-0.15, -0.1) is 0 Å². The molecule has 6 heteroatoms. The molecule has 0 heterocycles. The van der Waals surface area contributed by atoms with Crippen molar-refractivity contribution in [2.24, 2.45) is 0 Å². The number of hydrogen-bond acceptors (Lipinski definition) is 4. The summed E-state index contributed by atoms with van der Waals surface area (Å²) in [7, 11) is -3.82. The second kappa shape index (κ2) is 6.41. The molecule has 0 aliphatic heterocycles. The summed E-state index contributed by atoms with van der Waals surface area (Å²) in [4.78, 5) is 11.2. The average Bonchev–Trinajstić information content (AvgIpc) is 2.48. The minimum atomic E-state index is -3.82. The zero-order chi connectivity index (χ0) is 15.3. The van der Waals surface area contributed by atoms with Crippen molar-refractivity contribution in [3.63, 3.8) is 0 Å². The molecule has 110 valence electrons. The van der Waals surface area contributed by atoms with Gasteiger partial charge in [0.1, 0.15) is 11.5 Å². The molecule has 0 atom stereocenters. The second-order valence-electron chi connectivity index (χ2n) is 4.27. The van der Waals surface area contributed by atoms with Crippen molar-refractivity contribution in [1.82, 2.24) is 4.72 Å². The number of benzene rings is 2. The molecular weight excluding hydrogens is 290 g/mol. The van der Waals surface area contributed by atoms with Gasteiger partial charge in [-0.05, 0) is 36.4 Å². The first-order valence-electron chi connectivity index (χ1n) is 6.40. The van der Waals surface area contributed by atoms with E-state index in [-0.39, 0.29) is 11.3 Å². The van der Waals surface area contributed by atoms with E-state index >= 15 is 0 Å². The number of para-hydroxylation sites is 1. The van der Waals surface area contributed by atoms with E-state index in [1.165, 1.54) is 24.3 Å². The first kappa shape index (κ1) is 15.1. The van der Waals surface area contributed by atoms with Crippen LogP contribution in [0.5, 0.6) is 11.5 Å². The topological polar surface area (TPSA) is 72.5 Å². The summed E-state index contributed by atoms with van der Waals surface area (Å²) in [6, 6.07) is 15.0. The predicted octanol–water partition coefficient (Wildman–Crippen LogP) is 2.69. The molecule has 0 fully saturated rings. The van der Waals surface area contributed by atoms with Crippen molar-refractivity contribution in [3.8, 4) is 11.5 Å². The molecule has 5 nitrogen and oxygen atoms in total. The molecule has 0 bridgehead atoms. The van der Waals surface area contributed by atoms with E-state index in [1.54, 1.807) is 19.1 Å². The van der Waals surface area contributed by atoms with Crippen LogP contribution in [0.2, 0.25) is 0 Å². The maximum atomic E-state index is 11.9. The molecule has 0 aliphatic rings. The maximum Gasteiger partial charge on any atom is 0.264 e. The van der Waals surface area contributed by atoms with E-state index in [2.05, 4.69) is 0 Å². The van der Waals surface area contributed by atoms with E-state index in [0.717, 1.165) is 0 Å². The molecule has 0 saturated carbocycles. The molecule has 1 N–H and O–H groups in total. The molecule has 2 rings (SSSR count). The van der Waals surface area contributed by atoms with Gasteiger partial charge < -0.3 is 4.74 Å². The highest BCUT2D eigenvalue weighted by atomic mass is 32.2. The molecule has 0 aliphatic carbocycles. The largest absolute Gasteiger partial charge is 0.457 e. The van der Waals surface area contributed by atoms with Crippen LogP contribution in [0.3, 0.4) is 0 Å². The summed E-state index contributed by atoms with van der Waals surface area (Å²) in [5.41, 5.74) is 0. The summed E-state index contributed by atoms with van der Waals surface area (Å²) in [6.07, 6.45) is 0.106. The van der Waals surface area contributed by atoms with Crippen molar-refractivity contribution < 1.29 is 17.9 Å². The molecule has 0 radical (unpaired) electrons. The highest BCUT2D eigenvalue weighted by Gasteiger charge is 2.16. The Kier molecular flexibility index (Phi) is 4.59. The lowest BCUT2D eigenvalue weighted by atomic mass is 10.3. The van der Waals surface area contributed by atoms with Gasteiger partial charge in [0, 0.05) is 6.42 Å². The number of sulfonamides is 1. The second-order valence-corrected chi connectivity index (χ2v) is 5.95. The Morgan fingerprint density at radius 3 is 2.14 bits per heavy atom. The van der Waals surface area contributed by atoms with Gasteiger partial charge in [0.2, 0.25) is 5.91 Å². The van der Waals surface area contributed by atoms with Crippen LogP contribution in [0.1, 0.15) is 13.3 Å². The first-order valence-corrected chi connectivity index (χ1v) is 7.88. The summed E-state index contributed by atoms with van der Waals surface area (Å²) in [6.45, 7) is 1.58. The SMILES string of the molecule is CCC(=O)NS(=O)(=O)c1ccc(Oc2ccccc2)cc1. The summed E-state index contributed by atoms with van der Waals surface area (Å²) >= 11 is 0. The fourth-order valence-electron chi connectivity index (χ4n) is 1.59. The standard InChI is InChI=1S/C15H15NO4S/c1-2-15(17)16-21(18,19)14-10-8-13(9-11-14)20-12-6-4-3-5-7-12/h3-11H,2H2,1H3,(H,16,17). The van der Waals surface area contributed by atoms with Crippen molar-refractivity contribution >= 4 is 15.9 Å². The number of carbonyl (C=O) groups excluding carboxylic acids is 1. The van der Waals surface area contributed by atoms with E-state index in [0.29, 0.717) is 11.5 Å². The van der Waals surface area contributed by atoms with Crippen molar-refractivity contribution in [2.75, 3.05) is 0 Å². The van der Waals surface area contributed by atoms with Gasteiger partial charge in [-0.2, -0.15) is 0 Å². The van der Waals surface area contributed by atoms with E-state index in [9.17, 15) is 13.2 Å². The lowest BCUT2D eigenvalue weighted by Gasteiger charge is -2.08. The number of ether oxygens (including phenoxy) is 1. The summed E-state index contributed by atoms with van der Waals surface area (Å²) in [5.74, 6) is 0.633. The number of amides is 1. The van der Waals surface area contributed by atoms with Gasteiger partial charge >= 0.3 is 0 Å². The van der Waals surface area contributed by atoms with Gasteiger partial charge in [0.05, 0.1) is 4.90 Å². The molecular formula is C15H15NO4S. The minimum Gasteiger partial charge on any atom is -0.457 e. The molecule has 0 saturated heterocycles. The van der Waals surface area contributed by atoms with Gasteiger partial charge in [-0.1, -0.05) is 25.1 Å². The fourth-order valence-corrected chi connectivity index (χ4v) is 2.65. The first-order chi connectivity index (χ1) is 10.0. The molecule has 1 amide bonds. The van der Waals surface area contributed by atoms with Crippen LogP contribution in [0.4, 0.5) is 0 Å². The Balaban J connectivity index is 2.14. The molecule has 2 aromatic carbocycles. The number of nitrogens with one attached hydrogen (secondary N) is 1. The Labute approximate surface area is 123 Å². The minimum absolute atomic E-state index is 0.0183.